The van der Waals surface area contributed by atoms with Gasteiger partial charge in [0.15, 0.2) is 11.5 Å². The van der Waals surface area contributed by atoms with Crippen LogP contribution in [0.4, 0.5) is 13.2 Å². The number of likely N-dealkylation sites (N-methyl/N-ethyl adjacent to an activating group) is 2. The van der Waals surface area contributed by atoms with Gasteiger partial charge in [0, 0.05) is 32.5 Å². The Bertz CT molecular complexity index is 1540. The molecular weight excluding hydrogens is 565 g/mol. The van der Waals surface area contributed by atoms with Crippen molar-refractivity contribution in [2.75, 3.05) is 20.6 Å². The summed E-state index contributed by atoms with van der Waals surface area (Å²) in [5, 5.41) is 0. The molecule has 4 aliphatic rings. The van der Waals surface area contributed by atoms with E-state index < -0.39 is 52.7 Å². The predicted molar refractivity (Wildman–Crippen MR) is 149 cm³/mol. The summed E-state index contributed by atoms with van der Waals surface area (Å²) in [5.41, 5.74) is -0.402. The first-order valence-electron chi connectivity index (χ1n) is 14.3. The summed E-state index contributed by atoms with van der Waals surface area (Å²) >= 11 is 0. The number of likely N-dealkylation sites (tertiary alicyclic amines) is 1. The highest BCUT2D eigenvalue weighted by Gasteiger charge is 2.75. The summed E-state index contributed by atoms with van der Waals surface area (Å²) in [6.07, 6.45) is -0.371. The highest BCUT2D eigenvalue weighted by atomic mass is 19.4. The van der Waals surface area contributed by atoms with Crippen LogP contribution in [0.25, 0.3) is 6.08 Å². The van der Waals surface area contributed by atoms with Crippen LogP contribution in [0, 0.1) is 0 Å². The molecule has 8 nitrogen and oxygen atoms in total. The van der Waals surface area contributed by atoms with E-state index in [1.165, 1.54) is 38.1 Å². The maximum absolute atomic E-state index is 13.5. The van der Waals surface area contributed by atoms with Gasteiger partial charge in [0.2, 0.25) is 5.91 Å². The zero-order valence-corrected chi connectivity index (χ0v) is 24.4. The molecule has 2 fully saturated rings. The van der Waals surface area contributed by atoms with Gasteiger partial charge in [0.25, 0.3) is 0 Å². The van der Waals surface area contributed by atoms with Crippen molar-refractivity contribution in [3.8, 4) is 11.5 Å². The quantitative estimate of drug-likeness (QED) is 0.284. The molecule has 5 atom stereocenters. The van der Waals surface area contributed by atoms with Crippen LogP contribution < -0.4 is 9.47 Å². The number of piperidine rings is 1. The highest BCUT2D eigenvalue weighted by Crippen LogP contribution is 2.67. The van der Waals surface area contributed by atoms with E-state index in [9.17, 15) is 27.6 Å². The Balaban J connectivity index is 1.41. The number of nitrogens with zero attached hydrogens (tertiary/aromatic N) is 2. The molecule has 228 valence electrons. The second-order valence-corrected chi connectivity index (χ2v) is 12.0. The largest absolute Gasteiger partial charge is 0.483 e. The van der Waals surface area contributed by atoms with Crippen LogP contribution >= 0.6 is 0 Å². The van der Waals surface area contributed by atoms with E-state index in [4.69, 9.17) is 14.2 Å². The fourth-order valence-electron chi connectivity index (χ4n) is 8.05. The van der Waals surface area contributed by atoms with Crippen molar-refractivity contribution in [3.63, 3.8) is 0 Å². The molecule has 2 aliphatic heterocycles. The van der Waals surface area contributed by atoms with Gasteiger partial charge in [-0.25, -0.2) is 0 Å². The number of halogens is 3. The third-order valence-corrected chi connectivity index (χ3v) is 9.70. The molecule has 11 heteroatoms. The van der Waals surface area contributed by atoms with Crippen molar-refractivity contribution in [3.05, 3.63) is 64.7 Å². The fraction of sp³-hybridized carbons (Fsp3) is 0.469. The summed E-state index contributed by atoms with van der Waals surface area (Å²) < 4.78 is 58.2. The molecule has 2 bridgehead atoms. The number of benzene rings is 2. The minimum absolute atomic E-state index is 0.128. The second kappa shape index (κ2) is 10.1. The molecule has 1 saturated carbocycles. The van der Waals surface area contributed by atoms with E-state index in [2.05, 4.69) is 4.90 Å². The molecule has 1 saturated heterocycles. The molecule has 2 heterocycles. The molecule has 0 N–H and O–H groups in total. The Kier molecular flexibility index (Phi) is 6.87. The van der Waals surface area contributed by atoms with Crippen molar-refractivity contribution in [2.45, 2.75) is 74.9 Å². The standard InChI is InChI=1S/C32H33F3N2O6/c1-18(38)41-24-10-9-21-17-25-31(43-19(2)39)13-12-23(29-30(31,14-15-36(25)3)27(21)28(24)42-29)37(4)26(40)11-8-20-6-5-7-22(16-20)32(33,34)35/h5-11,16,23,25,29H,12-15,17H2,1-4H3/t23-,25+,29-,30-,31+/m0/s1. The SMILES string of the molecule is CC(=O)Oc1ccc2c3c1O[C@H]1[C@@H](N(C)C(=O)C=Cc4cccc(C(F)(F)F)c4)CC[C@@]4(OC(C)=O)[C@@H](C2)N(C)CC[C@]314. The predicted octanol–water partition coefficient (Wildman–Crippen LogP) is 4.53. The number of carbonyl (C=O) groups excluding carboxylic acids is 3. The molecule has 2 aromatic carbocycles. The normalized spacial score (nSPS) is 29.0. The van der Waals surface area contributed by atoms with E-state index in [-0.39, 0.29) is 17.4 Å². The number of rotatable bonds is 5. The maximum atomic E-state index is 13.5. The Morgan fingerprint density at radius 2 is 1.88 bits per heavy atom. The van der Waals surface area contributed by atoms with Crippen LogP contribution in [-0.2, 0) is 37.1 Å². The number of ether oxygens (including phenoxy) is 3. The van der Waals surface area contributed by atoms with Gasteiger partial charge in [0.1, 0.15) is 11.7 Å². The van der Waals surface area contributed by atoms with Crippen LogP contribution in [0.5, 0.6) is 11.5 Å². The van der Waals surface area contributed by atoms with Crippen molar-refractivity contribution >= 4 is 23.9 Å². The van der Waals surface area contributed by atoms with Crippen molar-refractivity contribution in [1.82, 2.24) is 9.80 Å². The van der Waals surface area contributed by atoms with E-state index >= 15 is 0 Å². The molecule has 2 aliphatic carbocycles. The van der Waals surface area contributed by atoms with E-state index in [0.717, 1.165) is 23.3 Å². The molecule has 0 unspecified atom stereocenters. The zero-order valence-electron chi connectivity index (χ0n) is 24.4. The summed E-state index contributed by atoms with van der Waals surface area (Å²) in [7, 11) is 3.67. The van der Waals surface area contributed by atoms with Crippen LogP contribution in [-0.4, -0.2) is 72.1 Å². The van der Waals surface area contributed by atoms with Crippen LogP contribution in [0.3, 0.4) is 0 Å². The van der Waals surface area contributed by atoms with E-state index in [1.807, 2.05) is 13.1 Å². The summed E-state index contributed by atoms with van der Waals surface area (Å²) in [4.78, 5) is 42.0. The number of carbonyl (C=O) groups is 3. The molecule has 0 radical (unpaired) electrons. The number of alkyl halides is 3. The Hall–Kier alpha value is -3.86. The maximum Gasteiger partial charge on any atom is 0.416 e. The minimum atomic E-state index is -4.49. The van der Waals surface area contributed by atoms with Gasteiger partial charge in [0.05, 0.1) is 23.1 Å². The summed E-state index contributed by atoms with van der Waals surface area (Å²) in [6, 6.07) is 7.84. The monoisotopic (exact) mass is 598 g/mol. The zero-order chi connectivity index (χ0) is 30.9. The van der Waals surface area contributed by atoms with Crippen LogP contribution in [0.15, 0.2) is 42.5 Å². The average molecular weight is 599 g/mol. The van der Waals surface area contributed by atoms with Crippen LogP contribution in [0.1, 0.15) is 55.4 Å². The molecule has 43 heavy (non-hydrogen) atoms. The summed E-state index contributed by atoms with van der Waals surface area (Å²) in [6.45, 7) is 3.41. The minimum Gasteiger partial charge on any atom is -0.483 e. The first kappa shape index (κ1) is 29.2. The second-order valence-electron chi connectivity index (χ2n) is 12.0. The average Bonchev–Trinajstić information content (AvgIpc) is 3.29. The molecule has 0 aromatic heterocycles. The number of hydrogen-bond acceptors (Lipinski definition) is 7. The van der Waals surface area contributed by atoms with E-state index in [0.29, 0.717) is 38.0 Å². The van der Waals surface area contributed by atoms with Gasteiger partial charge in [-0.2, -0.15) is 13.2 Å². The fourth-order valence-corrected chi connectivity index (χ4v) is 8.05. The van der Waals surface area contributed by atoms with Gasteiger partial charge >= 0.3 is 18.1 Å². The first-order valence-corrected chi connectivity index (χ1v) is 14.3. The lowest BCUT2D eigenvalue weighted by Gasteiger charge is -2.65. The lowest BCUT2D eigenvalue weighted by atomic mass is 9.48. The number of hydrogen-bond donors (Lipinski definition) is 0. The lowest BCUT2D eigenvalue weighted by molar-refractivity contribution is -0.220. The molecule has 1 amide bonds. The van der Waals surface area contributed by atoms with Gasteiger partial charge in [-0.05, 0) is 74.7 Å². The van der Waals surface area contributed by atoms with Crippen molar-refractivity contribution in [2.24, 2.45) is 0 Å². The Morgan fingerprint density at radius 3 is 2.58 bits per heavy atom. The topological polar surface area (TPSA) is 85.4 Å². The molecule has 1 spiro atoms. The Labute approximate surface area is 247 Å². The third-order valence-electron chi connectivity index (χ3n) is 9.70. The molecular formula is C32H33F3N2O6. The Morgan fingerprint density at radius 1 is 1.12 bits per heavy atom. The van der Waals surface area contributed by atoms with Crippen LogP contribution in [0.2, 0.25) is 0 Å². The van der Waals surface area contributed by atoms with Gasteiger partial charge < -0.3 is 19.1 Å². The highest BCUT2D eigenvalue weighted by molar-refractivity contribution is 5.92. The smallest absolute Gasteiger partial charge is 0.416 e. The number of esters is 2. The molecule has 2 aromatic rings. The van der Waals surface area contributed by atoms with Crippen molar-refractivity contribution in [1.29, 1.82) is 0 Å². The van der Waals surface area contributed by atoms with Gasteiger partial charge in [-0.15, -0.1) is 0 Å². The number of amides is 1. The van der Waals surface area contributed by atoms with E-state index in [1.54, 1.807) is 18.0 Å². The third kappa shape index (κ3) is 4.42. The summed E-state index contributed by atoms with van der Waals surface area (Å²) in [5.74, 6) is -0.595. The molecule has 6 rings (SSSR count). The van der Waals surface area contributed by atoms with Gasteiger partial charge in [-0.3, -0.25) is 19.3 Å². The van der Waals surface area contributed by atoms with Gasteiger partial charge in [-0.1, -0.05) is 18.2 Å². The lowest BCUT2D eigenvalue weighted by Crippen LogP contribution is -2.78. The first-order chi connectivity index (χ1) is 20.3. The van der Waals surface area contributed by atoms with Crippen molar-refractivity contribution < 1.29 is 41.8 Å².